The second-order valence-electron chi connectivity index (χ2n) is 6.73. The maximum Gasteiger partial charge on any atom is 0.317 e. The van der Waals surface area contributed by atoms with Gasteiger partial charge >= 0.3 is 6.03 Å². The van der Waals surface area contributed by atoms with Crippen molar-refractivity contribution >= 4 is 6.03 Å². The first-order valence-corrected chi connectivity index (χ1v) is 8.42. The second-order valence-corrected chi connectivity index (χ2v) is 6.73. The summed E-state index contributed by atoms with van der Waals surface area (Å²) in [5, 5.41) is 13.2. The van der Waals surface area contributed by atoms with Crippen LogP contribution < -0.4 is 5.32 Å². The lowest BCUT2D eigenvalue weighted by atomic mass is 9.86. The third kappa shape index (κ3) is 3.27. The zero-order valence-corrected chi connectivity index (χ0v) is 13.3. The molecule has 1 aromatic rings. The molecule has 0 aliphatic heterocycles. The predicted molar refractivity (Wildman–Crippen MR) is 86.6 cm³/mol. The van der Waals surface area contributed by atoms with Crippen molar-refractivity contribution in [3.05, 3.63) is 35.4 Å². The normalized spacial score (nSPS) is 27.3. The summed E-state index contributed by atoms with van der Waals surface area (Å²) in [5.41, 5.74) is 2.60. The molecule has 22 heavy (non-hydrogen) atoms. The maximum atomic E-state index is 12.4. The number of nitrogens with one attached hydrogen (secondary N) is 1. The van der Waals surface area contributed by atoms with E-state index in [4.69, 9.17) is 0 Å². The molecule has 2 N–H and O–H groups in total. The summed E-state index contributed by atoms with van der Waals surface area (Å²) in [6.45, 7) is 0.640. The van der Waals surface area contributed by atoms with Crippen molar-refractivity contribution < 1.29 is 9.90 Å². The fraction of sp³-hybridized carbons (Fsp3) is 0.611. The molecule has 0 radical (unpaired) electrons. The quantitative estimate of drug-likeness (QED) is 0.902. The van der Waals surface area contributed by atoms with Crippen molar-refractivity contribution in [1.29, 1.82) is 0 Å². The van der Waals surface area contributed by atoms with Crippen molar-refractivity contribution in [2.75, 3.05) is 13.6 Å². The minimum Gasteiger partial charge on any atom is -0.393 e. The molecule has 0 bridgehead atoms. The number of benzene rings is 1. The summed E-state index contributed by atoms with van der Waals surface area (Å²) in [6, 6.07) is 8.44. The van der Waals surface area contributed by atoms with Gasteiger partial charge in [0.2, 0.25) is 0 Å². The number of fused-ring (bicyclic) bond motifs is 1. The number of hydrogen-bond donors (Lipinski definition) is 2. The van der Waals surface area contributed by atoms with E-state index in [1.54, 1.807) is 4.90 Å². The summed E-state index contributed by atoms with van der Waals surface area (Å²) in [5.74, 6) is 0.223. The van der Waals surface area contributed by atoms with E-state index in [0.717, 1.165) is 38.5 Å². The second kappa shape index (κ2) is 6.69. The van der Waals surface area contributed by atoms with Crippen LogP contribution in [0, 0.1) is 5.92 Å². The van der Waals surface area contributed by atoms with Gasteiger partial charge in [0.25, 0.3) is 0 Å². The van der Waals surface area contributed by atoms with Gasteiger partial charge in [-0.1, -0.05) is 37.1 Å². The topological polar surface area (TPSA) is 52.6 Å². The van der Waals surface area contributed by atoms with E-state index in [9.17, 15) is 9.90 Å². The molecule has 1 aromatic carbocycles. The number of carbonyl (C=O) groups is 1. The van der Waals surface area contributed by atoms with Gasteiger partial charge in [-0.3, -0.25) is 0 Å². The summed E-state index contributed by atoms with van der Waals surface area (Å²) in [4.78, 5) is 14.2. The van der Waals surface area contributed by atoms with Crippen LogP contribution in [0.3, 0.4) is 0 Å². The third-order valence-corrected chi connectivity index (χ3v) is 5.15. The molecule has 4 nitrogen and oxygen atoms in total. The highest BCUT2D eigenvalue weighted by Crippen LogP contribution is 2.31. The van der Waals surface area contributed by atoms with E-state index in [2.05, 4.69) is 23.5 Å². The predicted octanol–water partition coefficient (Wildman–Crippen LogP) is 2.87. The van der Waals surface area contributed by atoms with Crippen molar-refractivity contribution in [3.8, 4) is 0 Å². The Bertz CT molecular complexity index is 532. The highest BCUT2D eigenvalue weighted by molar-refractivity contribution is 5.74. The minimum atomic E-state index is -0.254. The smallest absolute Gasteiger partial charge is 0.317 e. The van der Waals surface area contributed by atoms with Gasteiger partial charge < -0.3 is 15.3 Å². The number of nitrogens with zero attached hydrogens (tertiary/aromatic N) is 1. The molecule has 1 saturated carbocycles. The van der Waals surface area contributed by atoms with Gasteiger partial charge in [-0.05, 0) is 36.8 Å². The fourth-order valence-corrected chi connectivity index (χ4v) is 3.80. The van der Waals surface area contributed by atoms with Crippen LogP contribution in [0.2, 0.25) is 0 Å². The molecule has 3 rings (SSSR count). The van der Waals surface area contributed by atoms with Gasteiger partial charge in [-0.2, -0.15) is 0 Å². The highest BCUT2D eigenvalue weighted by Gasteiger charge is 2.28. The molecule has 4 heteroatoms. The fourth-order valence-electron chi connectivity index (χ4n) is 3.80. The number of amides is 2. The number of carbonyl (C=O) groups excluding carboxylic acids is 1. The number of rotatable bonds is 3. The first kappa shape index (κ1) is 15.3. The number of aryl methyl sites for hydroxylation is 1. The van der Waals surface area contributed by atoms with E-state index >= 15 is 0 Å². The third-order valence-electron chi connectivity index (χ3n) is 5.15. The molecule has 0 unspecified atom stereocenters. The van der Waals surface area contributed by atoms with Crippen molar-refractivity contribution in [2.45, 2.75) is 50.7 Å². The summed E-state index contributed by atoms with van der Waals surface area (Å²) >= 11 is 0. The Labute approximate surface area is 132 Å². The van der Waals surface area contributed by atoms with Gasteiger partial charge in [-0.15, -0.1) is 0 Å². The van der Waals surface area contributed by atoms with Gasteiger partial charge in [0, 0.05) is 19.5 Å². The first-order valence-electron chi connectivity index (χ1n) is 8.42. The highest BCUT2D eigenvalue weighted by atomic mass is 16.3. The summed E-state index contributed by atoms with van der Waals surface area (Å²) < 4.78 is 0. The summed E-state index contributed by atoms with van der Waals surface area (Å²) in [7, 11) is 1.83. The van der Waals surface area contributed by atoms with Gasteiger partial charge in [0.1, 0.15) is 0 Å². The number of aliphatic hydroxyl groups is 1. The molecular formula is C18H26N2O2. The van der Waals surface area contributed by atoms with E-state index in [-0.39, 0.29) is 24.1 Å². The lowest BCUT2D eigenvalue weighted by molar-refractivity contribution is 0.0563. The number of aliphatic hydroxyl groups excluding tert-OH is 1. The lowest BCUT2D eigenvalue weighted by Gasteiger charge is -2.31. The Hall–Kier alpha value is -1.55. The first-order chi connectivity index (χ1) is 10.6. The van der Waals surface area contributed by atoms with Crippen LogP contribution >= 0.6 is 0 Å². The average Bonchev–Trinajstić information content (AvgIpc) is 2.93. The molecule has 2 amide bonds. The van der Waals surface area contributed by atoms with Crippen molar-refractivity contribution in [3.63, 3.8) is 0 Å². The van der Waals surface area contributed by atoms with Crippen molar-refractivity contribution in [1.82, 2.24) is 10.2 Å². The summed E-state index contributed by atoms with van der Waals surface area (Å²) in [6.07, 6.45) is 5.91. The molecule has 0 heterocycles. The van der Waals surface area contributed by atoms with Gasteiger partial charge in [0.05, 0.1) is 12.1 Å². The lowest BCUT2D eigenvalue weighted by Crippen LogP contribution is -2.43. The molecule has 120 valence electrons. The van der Waals surface area contributed by atoms with Crippen LogP contribution in [0.1, 0.15) is 49.3 Å². The molecule has 0 aromatic heterocycles. The molecule has 2 aliphatic rings. The molecule has 0 spiro atoms. The monoisotopic (exact) mass is 302 g/mol. The molecule has 1 fully saturated rings. The maximum absolute atomic E-state index is 12.4. The van der Waals surface area contributed by atoms with Crippen molar-refractivity contribution in [2.24, 2.45) is 5.92 Å². The number of urea groups is 1. The van der Waals surface area contributed by atoms with E-state index in [0.29, 0.717) is 6.54 Å². The molecular weight excluding hydrogens is 276 g/mol. The van der Waals surface area contributed by atoms with Crippen LogP contribution in [0.25, 0.3) is 0 Å². The van der Waals surface area contributed by atoms with Crippen LogP contribution in [-0.4, -0.2) is 35.7 Å². The Balaban J connectivity index is 1.56. The standard InChI is InChI=1S/C18H26N2O2/c1-20(12-14-7-3-5-9-17(14)21)18(22)19-16-11-10-13-6-2-4-8-15(13)16/h2,4,6,8,14,16-17,21H,3,5,7,9-12H2,1H3,(H,19,22)/t14-,16-,17+/m0/s1. The largest absolute Gasteiger partial charge is 0.393 e. The van der Waals surface area contributed by atoms with Crippen LogP contribution in [0.5, 0.6) is 0 Å². The number of hydrogen-bond acceptors (Lipinski definition) is 2. The minimum absolute atomic E-state index is 0.0283. The zero-order valence-electron chi connectivity index (χ0n) is 13.3. The van der Waals surface area contributed by atoms with E-state index < -0.39 is 0 Å². The average molecular weight is 302 g/mol. The van der Waals surface area contributed by atoms with Gasteiger partial charge in [-0.25, -0.2) is 4.79 Å². The van der Waals surface area contributed by atoms with Crippen LogP contribution in [0.4, 0.5) is 4.79 Å². The zero-order chi connectivity index (χ0) is 15.5. The van der Waals surface area contributed by atoms with Crippen LogP contribution in [0.15, 0.2) is 24.3 Å². The molecule has 2 aliphatic carbocycles. The van der Waals surface area contributed by atoms with E-state index in [1.165, 1.54) is 11.1 Å². The molecule has 3 atom stereocenters. The Kier molecular flexibility index (Phi) is 4.67. The molecule has 0 saturated heterocycles. The van der Waals surface area contributed by atoms with Gasteiger partial charge in [0.15, 0.2) is 0 Å². The Morgan fingerprint density at radius 1 is 1.27 bits per heavy atom. The Morgan fingerprint density at radius 3 is 2.86 bits per heavy atom. The SMILES string of the molecule is CN(C[C@@H]1CCCC[C@H]1O)C(=O)N[C@H]1CCc2ccccc21. The van der Waals surface area contributed by atoms with E-state index in [1.807, 2.05) is 13.1 Å². The van der Waals surface area contributed by atoms with Crippen LogP contribution in [-0.2, 0) is 6.42 Å². The Morgan fingerprint density at radius 2 is 2.05 bits per heavy atom.